The molecule has 1 unspecified atom stereocenters. The predicted octanol–water partition coefficient (Wildman–Crippen LogP) is 4.81. The molecule has 9 nitrogen and oxygen atoms in total. The second-order valence-electron chi connectivity index (χ2n) is 10.4. The van der Waals surface area contributed by atoms with E-state index in [9.17, 15) is 32.3 Å². The fourth-order valence-corrected chi connectivity index (χ4v) is 5.82. The van der Waals surface area contributed by atoms with Gasteiger partial charge in [-0.15, -0.1) is 0 Å². The summed E-state index contributed by atoms with van der Waals surface area (Å²) in [6.07, 6.45) is 9.22. The molecule has 0 aliphatic heterocycles. The summed E-state index contributed by atoms with van der Waals surface area (Å²) in [5.74, 6) is -4.32. The smallest absolute Gasteiger partial charge is 0.228 e. The van der Waals surface area contributed by atoms with Crippen LogP contribution in [0.15, 0.2) is 72.8 Å². The molecule has 2 aromatic rings. The highest BCUT2D eigenvalue weighted by Crippen LogP contribution is 2.42. The molecule has 12 heteroatoms. The summed E-state index contributed by atoms with van der Waals surface area (Å²) >= 11 is 5.92. The van der Waals surface area contributed by atoms with Crippen molar-refractivity contribution >= 4 is 56.7 Å². The van der Waals surface area contributed by atoms with Crippen LogP contribution in [0.3, 0.4) is 0 Å². The Morgan fingerprint density at radius 1 is 1.02 bits per heavy atom. The van der Waals surface area contributed by atoms with Gasteiger partial charge in [-0.2, -0.15) is 0 Å². The zero-order chi connectivity index (χ0) is 31.8. The molecule has 0 radical (unpaired) electrons. The molecular formula is C31H35ClFN3O6S. The van der Waals surface area contributed by atoms with Crippen molar-refractivity contribution in [1.82, 2.24) is 4.31 Å². The monoisotopic (exact) mass is 631 g/mol. The first-order valence-corrected chi connectivity index (χ1v) is 15.6. The van der Waals surface area contributed by atoms with Gasteiger partial charge < -0.3 is 15.7 Å². The predicted molar refractivity (Wildman–Crippen MR) is 166 cm³/mol. The minimum atomic E-state index is -3.64. The summed E-state index contributed by atoms with van der Waals surface area (Å²) in [5, 5.41) is 17.1. The number of likely N-dealkylation sites (N-methyl/N-ethyl adjacent to an activating group) is 1. The second kappa shape index (κ2) is 14.7. The molecule has 2 aromatic carbocycles. The number of aliphatic hydroxyl groups is 1. The van der Waals surface area contributed by atoms with E-state index in [4.69, 9.17) is 11.6 Å². The van der Waals surface area contributed by atoms with E-state index in [0.29, 0.717) is 16.3 Å². The van der Waals surface area contributed by atoms with E-state index in [1.54, 1.807) is 60.7 Å². The van der Waals surface area contributed by atoms with Crippen LogP contribution >= 0.6 is 11.6 Å². The fraction of sp³-hybridized carbons (Fsp3) is 0.323. The van der Waals surface area contributed by atoms with Crippen LogP contribution in [-0.4, -0.2) is 60.4 Å². The first-order valence-electron chi connectivity index (χ1n) is 13.6. The number of rotatable bonds is 12. The number of anilines is 2. The Morgan fingerprint density at radius 2 is 1.63 bits per heavy atom. The number of benzene rings is 2. The molecule has 1 aliphatic rings. The van der Waals surface area contributed by atoms with Crippen LogP contribution in [0.4, 0.5) is 15.8 Å². The maximum absolute atomic E-state index is 15.0. The molecule has 0 heterocycles. The van der Waals surface area contributed by atoms with Gasteiger partial charge in [0.05, 0.1) is 28.9 Å². The van der Waals surface area contributed by atoms with Crippen molar-refractivity contribution in [1.29, 1.82) is 0 Å². The Kier molecular flexibility index (Phi) is 11.6. The number of sulfonamides is 1. The molecule has 0 aromatic heterocycles. The first-order chi connectivity index (χ1) is 20.2. The van der Waals surface area contributed by atoms with Crippen molar-refractivity contribution in [2.75, 3.05) is 30.0 Å². The van der Waals surface area contributed by atoms with Crippen LogP contribution in [0.2, 0.25) is 5.02 Å². The fourth-order valence-electron chi connectivity index (χ4n) is 4.82. The highest BCUT2D eigenvalue weighted by Gasteiger charge is 2.51. The van der Waals surface area contributed by atoms with E-state index in [1.807, 2.05) is 0 Å². The molecule has 3 atom stereocenters. The van der Waals surface area contributed by atoms with Crippen LogP contribution in [0.5, 0.6) is 0 Å². The summed E-state index contributed by atoms with van der Waals surface area (Å²) in [6.45, 7) is 2.60. The third-order valence-corrected chi connectivity index (χ3v) is 9.09. The van der Waals surface area contributed by atoms with Gasteiger partial charge in [-0.25, -0.2) is 17.1 Å². The Morgan fingerprint density at radius 3 is 2.21 bits per heavy atom. The van der Waals surface area contributed by atoms with Crippen molar-refractivity contribution in [2.24, 2.45) is 11.8 Å². The number of allylic oxidation sites excluding steroid dienone is 5. The quantitative estimate of drug-likeness (QED) is 0.228. The number of carbonyl (C=O) groups is 3. The summed E-state index contributed by atoms with van der Waals surface area (Å²) in [4.78, 5) is 37.7. The van der Waals surface area contributed by atoms with Gasteiger partial charge in [-0.1, -0.05) is 48.0 Å². The summed E-state index contributed by atoms with van der Waals surface area (Å²) < 4.78 is 40.7. The van der Waals surface area contributed by atoms with Crippen molar-refractivity contribution in [2.45, 2.75) is 32.3 Å². The molecule has 1 aliphatic carbocycles. The van der Waals surface area contributed by atoms with E-state index in [-0.39, 0.29) is 36.6 Å². The standard InChI is InChI=1S/C31H35ClFN3O6S/c1-4-43(41,42)36(3)20-31(40)18-25(29(38)34-24-14-12-23(32)13-15-24)26(19-31)30(39)35-28-16-11-22(17-27(28)33)10-8-6-5-7-9-21(2)37/h5-17,25-26,40H,4,18-20H2,1-3H3,(H,34,38)(H,35,39)/b6-5-,9-7-,10-8-/t25-,26-,31?/m0/s1. The lowest BCUT2D eigenvalue weighted by Gasteiger charge is -2.28. The van der Waals surface area contributed by atoms with Crippen LogP contribution in [0.25, 0.3) is 6.08 Å². The Bertz CT molecular complexity index is 1540. The normalized spacial score (nSPS) is 20.8. The molecule has 230 valence electrons. The molecule has 3 N–H and O–H groups in total. The topological polar surface area (TPSA) is 133 Å². The van der Waals surface area contributed by atoms with Gasteiger partial charge in [0.25, 0.3) is 0 Å². The zero-order valence-corrected chi connectivity index (χ0v) is 25.7. The van der Waals surface area contributed by atoms with Crippen LogP contribution in [-0.2, 0) is 24.4 Å². The number of hydrogen-bond donors (Lipinski definition) is 3. The van der Waals surface area contributed by atoms with Crippen molar-refractivity contribution < 1.29 is 32.3 Å². The van der Waals surface area contributed by atoms with Gasteiger partial charge in [0.15, 0.2) is 5.78 Å². The van der Waals surface area contributed by atoms with Crippen LogP contribution in [0, 0.1) is 17.7 Å². The average molecular weight is 632 g/mol. The molecule has 43 heavy (non-hydrogen) atoms. The van der Waals surface area contributed by atoms with Gasteiger partial charge in [0.1, 0.15) is 5.82 Å². The van der Waals surface area contributed by atoms with Gasteiger partial charge in [-0.3, -0.25) is 14.4 Å². The molecule has 3 rings (SSSR count). The lowest BCUT2D eigenvalue weighted by molar-refractivity contribution is -0.128. The van der Waals surface area contributed by atoms with Gasteiger partial charge in [0, 0.05) is 24.3 Å². The number of amides is 2. The van der Waals surface area contributed by atoms with E-state index in [2.05, 4.69) is 10.6 Å². The lowest BCUT2D eigenvalue weighted by atomic mass is 9.94. The molecule has 1 fully saturated rings. The Hall–Kier alpha value is -3.64. The number of nitrogens with zero attached hydrogens (tertiary/aromatic N) is 1. The van der Waals surface area contributed by atoms with Crippen molar-refractivity contribution in [3.63, 3.8) is 0 Å². The average Bonchev–Trinajstić information content (AvgIpc) is 3.30. The number of halogens is 2. The molecule has 2 amide bonds. The maximum Gasteiger partial charge on any atom is 0.228 e. The summed E-state index contributed by atoms with van der Waals surface area (Å²) in [6, 6.07) is 10.5. The van der Waals surface area contributed by atoms with Gasteiger partial charge >= 0.3 is 0 Å². The summed E-state index contributed by atoms with van der Waals surface area (Å²) in [5.41, 5.74) is -0.845. The first kappa shape index (κ1) is 33.9. The SMILES string of the molecule is CCS(=O)(=O)N(C)CC1(O)C[C@H](C(=O)Nc2ccc(Cl)cc2)[C@@H](C(=O)Nc2ccc(\C=C/C=C\C=C/C(C)=O)cc2F)C1. The molecule has 0 bridgehead atoms. The zero-order valence-electron chi connectivity index (χ0n) is 24.1. The van der Waals surface area contributed by atoms with Crippen molar-refractivity contribution in [3.8, 4) is 0 Å². The Labute approximate surface area is 256 Å². The lowest BCUT2D eigenvalue weighted by Crippen LogP contribution is -2.43. The van der Waals surface area contributed by atoms with Crippen molar-refractivity contribution in [3.05, 3.63) is 89.2 Å². The van der Waals surface area contributed by atoms with E-state index in [0.717, 1.165) is 4.31 Å². The number of carbonyl (C=O) groups excluding carboxylic acids is 3. The van der Waals surface area contributed by atoms with Crippen LogP contribution in [0.1, 0.15) is 32.3 Å². The highest BCUT2D eigenvalue weighted by atomic mass is 35.5. The third-order valence-electron chi connectivity index (χ3n) is 7.03. The maximum atomic E-state index is 15.0. The minimum absolute atomic E-state index is 0.0825. The number of ketones is 1. The van der Waals surface area contributed by atoms with E-state index in [1.165, 1.54) is 39.1 Å². The number of hydrogen-bond acceptors (Lipinski definition) is 6. The molecular weight excluding hydrogens is 597 g/mol. The highest BCUT2D eigenvalue weighted by molar-refractivity contribution is 7.89. The molecule has 0 saturated heterocycles. The number of nitrogens with one attached hydrogen (secondary N) is 2. The summed E-state index contributed by atoms with van der Waals surface area (Å²) in [7, 11) is -2.31. The van der Waals surface area contributed by atoms with E-state index >= 15 is 0 Å². The van der Waals surface area contributed by atoms with E-state index < -0.39 is 45.1 Å². The third kappa shape index (κ3) is 9.69. The van der Waals surface area contributed by atoms with Crippen LogP contribution < -0.4 is 10.6 Å². The largest absolute Gasteiger partial charge is 0.388 e. The molecule has 0 spiro atoms. The second-order valence-corrected chi connectivity index (χ2v) is 13.2. The molecule has 1 saturated carbocycles. The Balaban J connectivity index is 1.79. The van der Waals surface area contributed by atoms with Gasteiger partial charge in [-0.05, 0) is 74.7 Å². The minimum Gasteiger partial charge on any atom is -0.388 e. The van der Waals surface area contributed by atoms with Gasteiger partial charge in [0.2, 0.25) is 21.8 Å².